The molecule has 0 aliphatic rings. The van der Waals surface area contributed by atoms with Crippen molar-refractivity contribution < 1.29 is 17.9 Å². The van der Waals surface area contributed by atoms with E-state index >= 15 is 0 Å². The second-order valence-corrected chi connectivity index (χ2v) is 8.96. The highest BCUT2D eigenvalue weighted by Gasteiger charge is 2.22. The topological polar surface area (TPSA) is 18.5 Å². The van der Waals surface area contributed by atoms with Gasteiger partial charge >= 0.3 is 6.08 Å². The van der Waals surface area contributed by atoms with Crippen molar-refractivity contribution in [3.63, 3.8) is 0 Å². The minimum atomic E-state index is -2.06. The van der Waals surface area contributed by atoms with Gasteiger partial charge in [0.2, 0.25) is 8.32 Å². The molecule has 0 aliphatic carbocycles. The van der Waals surface area contributed by atoms with E-state index in [1.807, 2.05) is 19.6 Å². The fourth-order valence-electron chi connectivity index (χ4n) is 1.26. The van der Waals surface area contributed by atoms with Gasteiger partial charge in [0.1, 0.15) is 5.75 Å². The molecule has 94 valence electrons. The highest BCUT2D eigenvalue weighted by atomic mass is 28.4. The van der Waals surface area contributed by atoms with Crippen LogP contribution >= 0.6 is 0 Å². The Morgan fingerprint density at radius 1 is 1.06 bits per heavy atom. The highest BCUT2D eigenvalue weighted by molar-refractivity contribution is 6.70. The van der Waals surface area contributed by atoms with E-state index in [2.05, 4.69) is 0 Å². The van der Waals surface area contributed by atoms with Gasteiger partial charge in [-0.15, -0.1) is 0 Å². The summed E-state index contributed by atoms with van der Waals surface area (Å²) in [4.78, 5) is 0. The molecule has 2 nitrogen and oxygen atoms in total. The Hall–Kier alpha value is -1.36. The number of methoxy groups -OCH3 is 1. The van der Waals surface area contributed by atoms with Crippen molar-refractivity contribution in [2.24, 2.45) is 0 Å². The van der Waals surface area contributed by atoms with Crippen LogP contribution in [0.4, 0.5) is 8.78 Å². The minimum Gasteiger partial charge on any atom is -0.540 e. The molecule has 0 spiro atoms. The van der Waals surface area contributed by atoms with Crippen molar-refractivity contribution in [1.82, 2.24) is 0 Å². The molecule has 1 aromatic rings. The van der Waals surface area contributed by atoms with Crippen LogP contribution in [-0.4, -0.2) is 15.4 Å². The van der Waals surface area contributed by atoms with Crippen LogP contribution in [0, 0.1) is 0 Å². The summed E-state index contributed by atoms with van der Waals surface area (Å²) in [6, 6.07) is 6.39. The van der Waals surface area contributed by atoms with Gasteiger partial charge in [0.15, 0.2) is 5.76 Å². The third-order valence-corrected chi connectivity index (χ3v) is 2.75. The van der Waals surface area contributed by atoms with Crippen molar-refractivity contribution in [2.45, 2.75) is 19.6 Å². The van der Waals surface area contributed by atoms with E-state index in [4.69, 9.17) is 9.16 Å². The summed E-state index contributed by atoms with van der Waals surface area (Å²) in [7, 11) is -0.529. The summed E-state index contributed by atoms with van der Waals surface area (Å²) in [5.41, 5.74) is 0.369. The van der Waals surface area contributed by atoms with Crippen LogP contribution in [-0.2, 0) is 4.43 Å². The fraction of sp³-hybridized carbons (Fsp3) is 0.333. The molecule has 0 aromatic heterocycles. The maximum atomic E-state index is 12.8. The molecule has 0 saturated carbocycles. The van der Waals surface area contributed by atoms with E-state index in [-0.39, 0.29) is 5.76 Å². The molecule has 17 heavy (non-hydrogen) atoms. The molecule has 0 fully saturated rings. The van der Waals surface area contributed by atoms with E-state index in [0.29, 0.717) is 11.3 Å². The summed E-state index contributed by atoms with van der Waals surface area (Å²) in [5, 5.41) is 0. The average molecular weight is 258 g/mol. The maximum Gasteiger partial charge on any atom is 0.311 e. The molecule has 0 saturated heterocycles. The summed E-state index contributed by atoms with van der Waals surface area (Å²) in [5.74, 6) is 0.298. The van der Waals surface area contributed by atoms with Crippen molar-refractivity contribution in [3.05, 3.63) is 35.9 Å². The molecular formula is C12H16F2O2Si. The van der Waals surface area contributed by atoms with E-state index in [1.165, 1.54) is 7.11 Å². The second kappa shape index (κ2) is 5.31. The maximum absolute atomic E-state index is 12.8. The minimum absolute atomic E-state index is 0.327. The first-order chi connectivity index (χ1) is 7.83. The van der Waals surface area contributed by atoms with Gasteiger partial charge in [-0.2, -0.15) is 8.78 Å². The first-order valence-electron chi connectivity index (χ1n) is 5.22. The molecule has 0 unspecified atom stereocenters. The number of halogens is 2. The zero-order chi connectivity index (χ0) is 13.1. The molecule has 5 heteroatoms. The third kappa shape index (κ3) is 4.18. The van der Waals surface area contributed by atoms with Crippen molar-refractivity contribution >= 4 is 14.1 Å². The SMILES string of the molecule is COc1ccc(C(O[Si](C)(C)C)=C(F)F)cc1. The van der Waals surface area contributed by atoms with Crippen LogP contribution in [0.1, 0.15) is 5.56 Å². The van der Waals surface area contributed by atoms with Gasteiger partial charge in [-0.1, -0.05) is 0 Å². The second-order valence-electron chi connectivity index (χ2n) is 4.53. The number of benzene rings is 1. The quantitative estimate of drug-likeness (QED) is 0.597. The van der Waals surface area contributed by atoms with Crippen molar-refractivity contribution in [2.75, 3.05) is 7.11 Å². The van der Waals surface area contributed by atoms with E-state index in [9.17, 15) is 8.78 Å². The van der Waals surface area contributed by atoms with Crippen molar-refractivity contribution in [1.29, 1.82) is 0 Å². The summed E-state index contributed by atoms with van der Waals surface area (Å²) >= 11 is 0. The number of rotatable bonds is 4. The largest absolute Gasteiger partial charge is 0.540 e. The predicted octanol–water partition coefficient (Wildman–Crippen LogP) is 4.11. The molecule has 1 aromatic carbocycles. The van der Waals surface area contributed by atoms with Gasteiger partial charge in [0, 0.05) is 5.56 Å². The molecule has 0 radical (unpaired) electrons. The van der Waals surface area contributed by atoms with E-state index in [0.717, 1.165) is 0 Å². The Labute approximate surface area is 101 Å². The van der Waals surface area contributed by atoms with E-state index < -0.39 is 14.4 Å². The normalized spacial score (nSPS) is 10.9. The Balaban J connectivity index is 3.04. The number of ether oxygens (including phenoxy) is 1. The smallest absolute Gasteiger partial charge is 0.311 e. The molecule has 1 rings (SSSR count). The third-order valence-electron chi connectivity index (χ3n) is 1.93. The number of hydrogen-bond donors (Lipinski definition) is 0. The number of hydrogen-bond acceptors (Lipinski definition) is 2. The van der Waals surface area contributed by atoms with Gasteiger partial charge in [0.25, 0.3) is 0 Å². The molecule has 0 aliphatic heterocycles. The monoisotopic (exact) mass is 258 g/mol. The summed E-state index contributed by atoms with van der Waals surface area (Å²) in [6.07, 6.45) is -1.79. The van der Waals surface area contributed by atoms with Gasteiger partial charge < -0.3 is 9.16 Å². The first-order valence-corrected chi connectivity index (χ1v) is 8.63. The zero-order valence-corrected chi connectivity index (χ0v) is 11.4. The Kier molecular flexibility index (Phi) is 4.28. The summed E-state index contributed by atoms with van der Waals surface area (Å²) < 4.78 is 36.0. The molecule has 0 bridgehead atoms. The van der Waals surface area contributed by atoms with Crippen LogP contribution < -0.4 is 4.74 Å². The van der Waals surface area contributed by atoms with Crippen LogP contribution in [0.5, 0.6) is 5.75 Å². The molecule has 0 heterocycles. The lowest BCUT2D eigenvalue weighted by Crippen LogP contribution is -2.24. The predicted molar refractivity (Wildman–Crippen MR) is 66.6 cm³/mol. The van der Waals surface area contributed by atoms with Crippen LogP contribution in [0.3, 0.4) is 0 Å². The Bertz CT molecular complexity index is 404. The van der Waals surface area contributed by atoms with E-state index in [1.54, 1.807) is 24.3 Å². The highest BCUT2D eigenvalue weighted by Crippen LogP contribution is 2.27. The van der Waals surface area contributed by atoms with Gasteiger partial charge in [-0.3, -0.25) is 0 Å². The Morgan fingerprint density at radius 3 is 1.94 bits per heavy atom. The standard InChI is InChI=1S/C12H16F2O2Si/c1-15-10-7-5-9(6-8-10)11(12(13)14)16-17(2,3)4/h5-8H,1-4H3. The van der Waals surface area contributed by atoms with Crippen LogP contribution in [0.25, 0.3) is 5.76 Å². The summed E-state index contributed by atoms with van der Waals surface area (Å²) in [6.45, 7) is 5.58. The molecule has 0 atom stereocenters. The Morgan fingerprint density at radius 2 is 1.59 bits per heavy atom. The molecular weight excluding hydrogens is 242 g/mol. The molecule has 0 amide bonds. The lowest BCUT2D eigenvalue weighted by Gasteiger charge is -2.21. The lowest BCUT2D eigenvalue weighted by atomic mass is 10.2. The molecule has 0 N–H and O–H groups in total. The van der Waals surface area contributed by atoms with Crippen LogP contribution in [0.2, 0.25) is 19.6 Å². The fourth-order valence-corrected chi connectivity index (χ4v) is 2.06. The van der Waals surface area contributed by atoms with Gasteiger partial charge in [0.05, 0.1) is 7.11 Å². The first kappa shape index (κ1) is 13.7. The average Bonchev–Trinajstić information content (AvgIpc) is 2.25. The van der Waals surface area contributed by atoms with Crippen molar-refractivity contribution in [3.8, 4) is 5.75 Å². The van der Waals surface area contributed by atoms with Gasteiger partial charge in [-0.25, -0.2) is 0 Å². The zero-order valence-electron chi connectivity index (χ0n) is 10.4. The van der Waals surface area contributed by atoms with Gasteiger partial charge in [-0.05, 0) is 43.9 Å². The van der Waals surface area contributed by atoms with Crippen LogP contribution in [0.15, 0.2) is 30.3 Å². The lowest BCUT2D eigenvalue weighted by molar-refractivity contribution is 0.383.